The van der Waals surface area contributed by atoms with Crippen molar-refractivity contribution in [2.24, 2.45) is 0 Å². The van der Waals surface area contributed by atoms with E-state index >= 15 is 0 Å². The Balaban J connectivity index is 1.79. The van der Waals surface area contributed by atoms with Crippen LogP contribution in [-0.4, -0.2) is 41.1 Å². The molecule has 0 radical (unpaired) electrons. The third kappa shape index (κ3) is 3.95. The van der Waals surface area contributed by atoms with Crippen molar-refractivity contribution >= 4 is 11.7 Å². The Kier molecular flexibility index (Phi) is 5.16. The quantitative estimate of drug-likeness (QED) is 0.917. The van der Waals surface area contributed by atoms with Gasteiger partial charge in [0.2, 0.25) is 0 Å². The van der Waals surface area contributed by atoms with Crippen LogP contribution < -0.4 is 4.90 Å². The largest absolute Gasteiger partial charge is 0.481 e. The van der Waals surface area contributed by atoms with E-state index < -0.39 is 5.97 Å². The van der Waals surface area contributed by atoms with E-state index in [0.717, 1.165) is 19.6 Å². The number of piperazine rings is 1. The maximum absolute atomic E-state index is 11.4. The minimum Gasteiger partial charge on any atom is -0.481 e. The molecule has 1 saturated heterocycles. The number of hydrogen-bond acceptors (Lipinski definition) is 3. The average molecular weight is 324 g/mol. The molecule has 1 N–H and O–H groups in total. The van der Waals surface area contributed by atoms with Crippen LogP contribution in [0.1, 0.15) is 18.9 Å². The Morgan fingerprint density at radius 2 is 1.67 bits per heavy atom. The van der Waals surface area contributed by atoms with Crippen LogP contribution in [0.2, 0.25) is 0 Å². The van der Waals surface area contributed by atoms with Gasteiger partial charge in [0.15, 0.2) is 0 Å². The lowest BCUT2D eigenvalue weighted by molar-refractivity contribution is -0.138. The fourth-order valence-corrected chi connectivity index (χ4v) is 3.53. The second kappa shape index (κ2) is 7.49. The van der Waals surface area contributed by atoms with Gasteiger partial charge in [-0.1, -0.05) is 48.5 Å². The molecule has 3 rings (SSSR count). The number of carboxylic acid groups (broad SMARTS) is 1. The molecule has 0 aliphatic carbocycles. The van der Waals surface area contributed by atoms with Crippen LogP contribution in [0.25, 0.3) is 0 Å². The highest BCUT2D eigenvalue weighted by Crippen LogP contribution is 2.25. The summed E-state index contributed by atoms with van der Waals surface area (Å²) in [4.78, 5) is 16.0. The number of nitrogens with zero attached hydrogens (tertiary/aromatic N) is 2. The highest BCUT2D eigenvalue weighted by molar-refractivity contribution is 5.67. The second-order valence-electron chi connectivity index (χ2n) is 6.50. The summed E-state index contributed by atoms with van der Waals surface area (Å²) in [6.07, 6.45) is 0.167. The first-order chi connectivity index (χ1) is 11.6. The highest BCUT2D eigenvalue weighted by Gasteiger charge is 2.33. The number of aliphatic carboxylic acids is 1. The van der Waals surface area contributed by atoms with Gasteiger partial charge in [0.25, 0.3) is 0 Å². The minimum atomic E-state index is -0.736. The fourth-order valence-electron chi connectivity index (χ4n) is 3.53. The SMILES string of the molecule is C[C@@H]1CN(c2ccccc2)CC(CC(=O)O)N1Cc1ccccc1. The summed E-state index contributed by atoms with van der Waals surface area (Å²) in [5.41, 5.74) is 2.40. The van der Waals surface area contributed by atoms with Crippen LogP contribution >= 0.6 is 0 Å². The maximum Gasteiger partial charge on any atom is 0.305 e. The molecule has 126 valence electrons. The molecule has 1 fully saturated rings. The molecule has 4 heteroatoms. The molecule has 1 aliphatic heterocycles. The molecule has 1 unspecified atom stereocenters. The van der Waals surface area contributed by atoms with Crippen molar-refractivity contribution in [1.29, 1.82) is 0 Å². The number of rotatable bonds is 5. The first kappa shape index (κ1) is 16.5. The third-order valence-corrected chi connectivity index (χ3v) is 4.69. The van der Waals surface area contributed by atoms with E-state index in [1.54, 1.807) is 0 Å². The third-order valence-electron chi connectivity index (χ3n) is 4.69. The lowest BCUT2D eigenvalue weighted by Crippen LogP contribution is -2.58. The van der Waals surface area contributed by atoms with Crippen molar-refractivity contribution in [3.63, 3.8) is 0 Å². The monoisotopic (exact) mass is 324 g/mol. The van der Waals surface area contributed by atoms with Gasteiger partial charge >= 0.3 is 5.97 Å². The zero-order valence-electron chi connectivity index (χ0n) is 14.0. The molecule has 1 aliphatic rings. The van der Waals surface area contributed by atoms with Crippen molar-refractivity contribution in [2.45, 2.75) is 32.0 Å². The Morgan fingerprint density at radius 1 is 1.04 bits per heavy atom. The number of benzene rings is 2. The average Bonchev–Trinajstić information content (AvgIpc) is 2.59. The first-order valence-electron chi connectivity index (χ1n) is 8.45. The van der Waals surface area contributed by atoms with Gasteiger partial charge < -0.3 is 10.0 Å². The summed E-state index contributed by atoms with van der Waals surface area (Å²) in [5, 5.41) is 9.35. The van der Waals surface area contributed by atoms with E-state index in [0.29, 0.717) is 6.04 Å². The predicted molar refractivity (Wildman–Crippen MR) is 96.1 cm³/mol. The van der Waals surface area contributed by atoms with E-state index in [-0.39, 0.29) is 12.5 Å². The van der Waals surface area contributed by atoms with E-state index in [4.69, 9.17) is 0 Å². The number of hydrogen-bond donors (Lipinski definition) is 1. The van der Waals surface area contributed by atoms with Crippen molar-refractivity contribution < 1.29 is 9.90 Å². The molecular formula is C20H24N2O2. The number of carbonyl (C=O) groups is 1. The molecule has 2 aromatic rings. The van der Waals surface area contributed by atoms with Crippen LogP contribution in [0.5, 0.6) is 0 Å². The Hall–Kier alpha value is -2.33. The van der Waals surface area contributed by atoms with E-state index in [1.165, 1.54) is 11.3 Å². The van der Waals surface area contributed by atoms with Gasteiger partial charge in [0, 0.05) is 37.4 Å². The lowest BCUT2D eigenvalue weighted by Gasteiger charge is -2.46. The first-order valence-corrected chi connectivity index (χ1v) is 8.45. The summed E-state index contributed by atoms with van der Waals surface area (Å²) in [7, 11) is 0. The standard InChI is InChI=1S/C20H24N2O2/c1-16-13-21(18-10-6-3-7-11-18)15-19(12-20(23)24)22(16)14-17-8-4-2-5-9-17/h2-11,16,19H,12-15H2,1H3,(H,23,24)/t16-,19?/m1/s1. The van der Waals surface area contributed by atoms with Crippen LogP contribution in [-0.2, 0) is 11.3 Å². The molecule has 0 aromatic heterocycles. The smallest absolute Gasteiger partial charge is 0.305 e. The zero-order valence-corrected chi connectivity index (χ0v) is 14.0. The van der Waals surface area contributed by atoms with Crippen molar-refractivity contribution in [3.8, 4) is 0 Å². The minimum absolute atomic E-state index is 0.00617. The molecule has 0 amide bonds. The molecule has 0 bridgehead atoms. The molecule has 2 atom stereocenters. The summed E-state index contributed by atoms with van der Waals surface area (Å²) >= 11 is 0. The molecular weight excluding hydrogens is 300 g/mol. The summed E-state index contributed by atoms with van der Waals surface area (Å²) in [6, 6.07) is 20.8. The number of anilines is 1. The van der Waals surface area contributed by atoms with Crippen molar-refractivity contribution in [2.75, 3.05) is 18.0 Å². The molecule has 4 nitrogen and oxygen atoms in total. The molecule has 1 heterocycles. The second-order valence-corrected chi connectivity index (χ2v) is 6.50. The molecule has 2 aromatic carbocycles. The normalized spacial score (nSPS) is 21.6. The summed E-state index contributed by atoms with van der Waals surface area (Å²) in [6.45, 7) is 4.63. The van der Waals surface area contributed by atoms with Gasteiger partial charge in [-0.25, -0.2) is 0 Å². The van der Waals surface area contributed by atoms with Gasteiger partial charge in [-0.3, -0.25) is 9.69 Å². The van der Waals surface area contributed by atoms with Gasteiger partial charge in [0.05, 0.1) is 6.42 Å². The number of para-hydroxylation sites is 1. The lowest BCUT2D eigenvalue weighted by atomic mass is 10.0. The Labute approximate surface area is 143 Å². The Bertz CT molecular complexity index is 660. The van der Waals surface area contributed by atoms with E-state index in [1.807, 2.05) is 36.4 Å². The van der Waals surface area contributed by atoms with Crippen LogP contribution in [0, 0.1) is 0 Å². The van der Waals surface area contributed by atoms with E-state index in [9.17, 15) is 9.90 Å². The van der Waals surface area contributed by atoms with Gasteiger partial charge in [-0.15, -0.1) is 0 Å². The predicted octanol–water partition coefficient (Wildman–Crippen LogP) is 3.24. The van der Waals surface area contributed by atoms with Gasteiger partial charge in [0.1, 0.15) is 0 Å². The van der Waals surface area contributed by atoms with Gasteiger partial charge in [-0.05, 0) is 24.6 Å². The zero-order chi connectivity index (χ0) is 16.9. The Morgan fingerprint density at radius 3 is 2.29 bits per heavy atom. The van der Waals surface area contributed by atoms with Crippen molar-refractivity contribution in [3.05, 3.63) is 66.2 Å². The number of carboxylic acids is 1. The topological polar surface area (TPSA) is 43.8 Å². The molecule has 0 spiro atoms. The van der Waals surface area contributed by atoms with Crippen LogP contribution in [0.4, 0.5) is 5.69 Å². The molecule has 0 saturated carbocycles. The van der Waals surface area contributed by atoms with Crippen LogP contribution in [0.15, 0.2) is 60.7 Å². The maximum atomic E-state index is 11.4. The fraction of sp³-hybridized carbons (Fsp3) is 0.350. The van der Waals surface area contributed by atoms with Gasteiger partial charge in [-0.2, -0.15) is 0 Å². The summed E-state index contributed by atoms with van der Waals surface area (Å²) in [5.74, 6) is -0.736. The van der Waals surface area contributed by atoms with Crippen molar-refractivity contribution in [1.82, 2.24) is 4.90 Å². The highest BCUT2D eigenvalue weighted by atomic mass is 16.4. The van der Waals surface area contributed by atoms with Crippen LogP contribution in [0.3, 0.4) is 0 Å². The summed E-state index contributed by atoms with van der Waals surface area (Å²) < 4.78 is 0. The van der Waals surface area contributed by atoms with E-state index in [2.05, 4.69) is 41.0 Å². The molecule has 24 heavy (non-hydrogen) atoms.